The Morgan fingerprint density at radius 3 is 2.39 bits per heavy atom. The summed E-state index contributed by atoms with van der Waals surface area (Å²) in [6.45, 7) is 12.4. The molecule has 3 nitrogen and oxygen atoms in total. The van der Waals surface area contributed by atoms with Crippen molar-refractivity contribution in [3.8, 4) is 0 Å². The number of hydrogen-bond acceptors (Lipinski definition) is 3. The topological polar surface area (TPSA) is 38.5 Å². The van der Waals surface area contributed by atoms with Crippen molar-refractivity contribution in [3.05, 3.63) is 0 Å². The zero-order chi connectivity index (χ0) is 13.2. The molecule has 0 aliphatic carbocycles. The first kappa shape index (κ1) is 14.3. The molecule has 2 atom stereocenters. The van der Waals surface area contributed by atoms with Crippen molar-refractivity contribution in [2.75, 3.05) is 32.8 Å². The fraction of sp³-hybridized carbons (Fsp3) is 1.00. The highest BCUT2D eigenvalue weighted by atomic mass is 16.5. The Bertz CT molecular complexity index is 248. The van der Waals surface area contributed by atoms with Gasteiger partial charge in [0.2, 0.25) is 0 Å². The molecule has 0 bridgehead atoms. The molecular weight excluding hydrogens is 224 g/mol. The summed E-state index contributed by atoms with van der Waals surface area (Å²) in [6, 6.07) is 0.304. The molecule has 106 valence electrons. The standard InChI is InChI=1S/C15H30N2O/c1-15(2,3)13-4-7-17(8-5-13)10-14(16)12-6-9-18-11-12/h12-14H,4-11,16H2,1-3H3. The summed E-state index contributed by atoms with van der Waals surface area (Å²) in [5.74, 6) is 1.46. The number of likely N-dealkylation sites (tertiary alicyclic amines) is 1. The van der Waals surface area contributed by atoms with Crippen molar-refractivity contribution in [1.29, 1.82) is 0 Å². The largest absolute Gasteiger partial charge is 0.381 e. The van der Waals surface area contributed by atoms with Gasteiger partial charge in [-0.25, -0.2) is 0 Å². The minimum atomic E-state index is 0.304. The third-order valence-corrected chi connectivity index (χ3v) is 4.85. The number of ether oxygens (including phenoxy) is 1. The van der Waals surface area contributed by atoms with Crippen molar-refractivity contribution in [2.24, 2.45) is 23.0 Å². The molecule has 0 aromatic heterocycles. The Morgan fingerprint density at radius 1 is 1.22 bits per heavy atom. The molecule has 2 aliphatic rings. The molecule has 0 aromatic carbocycles. The summed E-state index contributed by atoms with van der Waals surface area (Å²) in [5, 5.41) is 0. The van der Waals surface area contributed by atoms with Gasteiger partial charge in [0.1, 0.15) is 0 Å². The van der Waals surface area contributed by atoms with Crippen LogP contribution in [0.25, 0.3) is 0 Å². The highest BCUT2D eigenvalue weighted by Gasteiger charge is 2.30. The molecule has 0 amide bonds. The smallest absolute Gasteiger partial charge is 0.0510 e. The van der Waals surface area contributed by atoms with Crippen molar-refractivity contribution in [1.82, 2.24) is 4.90 Å². The second kappa shape index (κ2) is 5.89. The molecule has 18 heavy (non-hydrogen) atoms. The van der Waals surface area contributed by atoms with Crippen LogP contribution in [0.5, 0.6) is 0 Å². The van der Waals surface area contributed by atoms with E-state index in [0.717, 1.165) is 32.1 Å². The first-order valence-electron chi connectivity index (χ1n) is 7.52. The summed E-state index contributed by atoms with van der Waals surface area (Å²) in [7, 11) is 0. The van der Waals surface area contributed by atoms with Gasteiger partial charge in [0.05, 0.1) is 6.61 Å². The van der Waals surface area contributed by atoms with E-state index in [1.165, 1.54) is 25.9 Å². The van der Waals surface area contributed by atoms with Gasteiger partial charge in [-0.05, 0) is 43.7 Å². The lowest BCUT2D eigenvalue weighted by Crippen LogP contribution is -2.46. The van der Waals surface area contributed by atoms with Gasteiger partial charge in [0.25, 0.3) is 0 Å². The van der Waals surface area contributed by atoms with Gasteiger partial charge in [-0.15, -0.1) is 0 Å². The van der Waals surface area contributed by atoms with Crippen LogP contribution in [0.2, 0.25) is 0 Å². The average molecular weight is 254 g/mol. The highest BCUT2D eigenvalue weighted by Crippen LogP contribution is 2.34. The third-order valence-electron chi connectivity index (χ3n) is 4.85. The molecule has 0 saturated carbocycles. The number of piperidine rings is 1. The molecular formula is C15H30N2O. The van der Waals surface area contributed by atoms with Crippen molar-refractivity contribution < 1.29 is 4.74 Å². The molecule has 2 unspecified atom stereocenters. The van der Waals surface area contributed by atoms with Gasteiger partial charge < -0.3 is 15.4 Å². The van der Waals surface area contributed by atoms with Crippen LogP contribution in [0, 0.1) is 17.3 Å². The van der Waals surface area contributed by atoms with E-state index < -0.39 is 0 Å². The monoisotopic (exact) mass is 254 g/mol. The van der Waals surface area contributed by atoms with Gasteiger partial charge in [-0.3, -0.25) is 0 Å². The maximum atomic E-state index is 6.31. The van der Waals surface area contributed by atoms with Gasteiger partial charge in [-0.1, -0.05) is 20.8 Å². The quantitative estimate of drug-likeness (QED) is 0.838. The zero-order valence-electron chi connectivity index (χ0n) is 12.3. The maximum absolute atomic E-state index is 6.31. The zero-order valence-corrected chi connectivity index (χ0v) is 12.3. The fourth-order valence-electron chi connectivity index (χ4n) is 3.32. The van der Waals surface area contributed by atoms with Gasteiger partial charge in [0.15, 0.2) is 0 Å². The molecule has 2 saturated heterocycles. The number of nitrogens with two attached hydrogens (primary N) is 1. The van der Waals surface area contributed by atoms with Crippen LogP contribution in [0.1, 0.15) is 40.0 Å². The number of hydrogen-bond donors (Lipinski definition) is 1. The van der Waals surface area contributed by atoms with Crippen LogP contribution >= 0.6 is 0 Å². The Morgan fingerprint density at radius 2 is 1.89 bits per heavy atom. The van der Waals surface area contributed by atoms with Gasteiger partial charge in [0, 0.05) is 25.1 Å². The summed E-state index contributed by atoms with van der Waals surface area (Å²) in [4.78, 5) is 2.56. The average Bonchev–Trinajstić information content (AvgIpc) is 2.82. The minimum Gasteiger partial charge on any atom is -0.381 e. The Kier molecular flexibility index (Phi) is 4.68. The second-order valence-corrected chi connectivity index (χ2v) is 7.23. The van der Waals surface area contributed by atoms with E-state index in [1.807, 2.05) is 0 Å². The molecule has 2 aliphatic heterocycles. The molecule has 0 spiro atoms. The van der Waals surface area contributed by atoms with Crippen LogP contribution in [0.3, 0.4) is 0 Å². The van der Waals surface area contributed by atoms with Crippen LogP contribution < -0.4 is 5.73 Å². The highest BCUT2D eigenvalue weighted by molar-refractivity contribution is 4.84. The molecule has 2 N–H and O–H groups in total. The Hall–Kier alpha value is -0.120. The fourth-order valence-corrected chi connectivity index (χ4v) is 3.32. The summed E-state index contributed by atoms with van der Waals surface area (Å²) in [5.41, 5.74) is 6.77. The maximum Gasteiger partial charge on any atom is 0.0510 e. The SMILES string of the molecule is CC(C)(C)C1CCN(CC(N)C2CCOC2)CC1. The van der Waals surface area contributed by atoms with Crippen molar-refractivity contribution in [3.63, 3.8) is 0 Å². The van der Waals surface area contributed by atoms with E-state index in [2.05, 4.69) is 25.7 Å². The van der Waals surface area contributed by atoms with Crippen LogP contribution in [-0.4, -0.2) is 43.8 Å². The predicted molar refractivity (Wildman–Crippen MR) is 75.5 cm³/mol. The van der Waals surface area contributed by atoms with E-state index in [0.29, 0.717) is 17.4 Å². The van der Waals surface area contributed by atoms with E-state index in [9.17, 15) is 0 Å². The molecule has 0 radical (unpaired) electrons. The molecule has 2 rings (SSSR count). The van der Waals surface area contributed by atoms with Gasteiger partial charge >= 0.3 is 0 Å². The second-order valence-electron chi connectivity index (χ2n) is 7.23. The lowest BCUT2D eigenvalue weighted by atomic mass is 9.75. The first-order chi connectivity index (χ1) is 8.47. The summed E-state index contributed by atoms with van der Waals surface area (Å²) >= 11 is 0. The van der Waals surface area contributed by atoms with E-state index in [4.69, 9.17) is 10.5 Å². The van der Waals surface area contributed by atoms with E-state index in [-0.39, 0.29) is 0 Å². The summed E-state index contributed by atoms with van der Waals surface area (Å²) < 4.78 is 5.43. The first-order valence-corrected chi connectivity index (χ1v) is 7.52. The van der Waals surface area contributed by atoms with Crippen molar-refractivity contribution >= 4 is 0 Å². The van der Waals surface area contributed by atoms with Crippen LogP contribution in [0.4, 0.5) is 0 Å². The van der Waals surface area contributed by atoms with E-state index in [1.54, 1.807) is 0 Å². The molecule has 2 heterocycles. The lowest BCUT2D eigenvalue weighted by Gasteiger charge is -2.40. The predicted octanol–water partition coefficient (Wildman–Crippen LogP) is 2.11. The minimum absolute atomic E-state index is 0.304. The lowest BCUT2D eigenvalue weighted by molar-refractivity contribution is 0.101. The molecule has 0 aromatic rings. The summed E-state index contributed by atoms with van der Waals surface area (Å²) in [6.07, 6.45) is 3.81. The van der Waals surface area contributed by atoms with Crippen molar-refractivity contribution in [2.45, 2.75) is 46.1 Å². The van der Waals surface area contributed by atoms with Crippen LogP contribution in [0.15, 0.2) is 0 Å². The van der Waals surface area contributed by atoms with E-state index >= 15 is 0 Å². The molecule has 3 heteroatoms. The Balaban J connectivity index is 1.73. The van der Waals surface area contributed by atoms with Gasteiger partial charge in [-0.2, -0.15) is 0 Å². The number of nitrogens with zero attached hydrogens (tertiary/aromatic N) is 1. The molecule has 2 fully saturated rings. The normalized spacial score (nSPS) is 29.7. The third kappa shape index (κ3) is 3.69. The van der Waals surface area contributed by atoms with Crippen LogP contribution in [-0.2, 0) is 4.74 Å². The Labute approximate surface area is 112 Å². The number of rotatable bonds is 3.